The number of aldehydes is 1. The summed E-state index contributed by atoms with van der Waals surface area (Å²) < 4.78 is 12.7. The molecule has 0 bridgehead atoms. The molecule has 0 amide bonds. The molecule has 1 nitrogen and oxygen atoms in total. The van der Waals surface area contributed by atoms with Crippen LogP contribution >= 0.6 is 0 Å². The Morgan fingerprint density at radius 2 is 2.15 bits per heavy atom. The Kier molecular flexibility index (Phi) is 3.89. The summed E-state index contributed by atoms with van der Waals surface area (Å²) in [6, 6.07) is 6.44. The van der Waals surface area contributed by atoms with Gasteiger partial charge in [-0.15, -0.1) is 0 Å². The van der Waals surface area contributed by atoms with Crippen molar-refractivity contribution in [3.63, 3.8) is 0 Å². The lowest BCUT2D eigenvalue weighted by molar-refractivity contribution is -0.107. The molecule has 1 rings (SSSR count). The molecule has 0 saturated carbocycles. The molecule has 0 aliphatic carbocycles. The zero-order chi connectivity index (χ0) is 9.52. The van der Waals surface area contributed by atoms with Gasteiger partial charge < -0.3 is 4.79 Å². The standard InChI is InChI=1S/C11H11FO/c12-11-7-4-6-10(9-11)5-2-1-3-8-13/h1-2,4,6-9H,3,5H2/b2-1-. The first kappa shape index (κ1) is 9.65. The van der Waals surface area contributed by atoms with Crippen LogP contribution in [0.2, 0.25) is 0 Å². The first-order valence-electron chi connectivity index (χ1n) is 4.16. The summed E-state index contributed by atoms with van der Waals surface area (Å²) in [5, 5.41) is 0. The molecule has 0 aliphatic heterocycles. The molecule has 0 radical (unpaired) electrons. The Hall–Kier alpha value is -1.44. The summed E-state index contributed by atoms with van der Waals surface area (Å²) in [5.41, 5.74) is 0.919. The van der Waals surface area contributed by atoms with Gasteiger partial charge in [0.25, 0.3) is 0 Å². The minimum Gasteiger partial charge on any atom is -0.303 e. The summed E-state index contributed by atoms with van der Waals surface area (Å²) in [6.45, 7) is 0. The second-order valence-corrected chi connectivity index (χ2v) is 2.71. The maximum Gasteiger partial charge on any atom is 0.123 e. The van der Waals surface area contributed by atoms with E-state index in [2.05, 4.69) is 0 Å². The smallest absolute Gasteiger partial charge is 0.123 e. The molecule has 2 heteroatoms. The van der Waals surface area contributed by atoms with E-state index in [-0.39, 0.29) is 5.82 Å². The van der Waals surface area contributed by atoms with Crippen LogP contribution in [0.15, 0.2) is 36.4 Å². The van der Waals surface area contributed by atoms with Crippen LogP contribution in [0.4, 0.5) is 4.39 Å². The van der Waals surface area contributed by atoms with E-state index in [9.17, 15) is 9.18 Å². The lowest BCUT2D eigenvalue weighted by atomic mass is 10.1. The molecule has 1 aromatic rings. The van der Waals surface area contributed by atoms with E-state index in [1.165, 1.54) is 12.1 Å². The summed E-state index contributed by atoms with van der Waals surface area (Å²) in [6.07, 6.45) is 5.57. The van der Waals surface area contributed by atoms with Gasteiger partial charge in [0.05, 0.1) is 0 Å². The number of carbonyl (C=O) groups excluding carboxylic acids is 1. The fraction of sp³-hybridized carbons (Fsp3) is 0.182. The van der Waals surface area contributed by atoms with Gasteiger partial charge in [0.2, 0.25) is 0 Å². The maximum atomic E-state index is 12.7. The monoisotopic (exact) mass is 178 g/mol. The molecule has 0 heterocycles. The SMILES string of the molecule is O=CC/C=C\Cc1cccc(F)c1. The number of allylic oxidation sites excluding steroid dienone is 2. The van der Waals surface area contributed by atoms with Crippen molar-refractivity contribution in [2.24, 2.45) is 0 Å². The normalized spacial score (nSPS) is 10.5. The van der Waals surface area contributed by atoms with Crippen molar-refractivity contribution >= 4 is 6.29 Å². The third-order valence-electron chi connectivity index (χ3n) is 1.64. The zero-order valence-corrected chi connectivity index (χ0v) is 7.24. The van der Waals surface area contributed by atoms with E-state index in [1.807, 2.05) is 12.1 Å². The Balaban J connectivity index is 2.49. The van der Waals surface area contributed by atoms with Crippen molar-refractivity contribution in [3.05, 3.63) is 47.8 Å². The van der Waals surface area contributed by atoms with Crippen LogP contribution in [0, 0.1) is 5.82 Å². The second kappa shape index (κ2) is 5.25. The van der Waals surface area contributed by atoms with Crippen molar-refractivity contribution in [1.82, 2.24) is 0 Å². The molecule has 13 heavy (non-hydrogen) atoms. The lowest BCUT2D eigenvalue weighted by Gasteiger charge is -1.94. The predicted molar refractivity (Wildman–Crippen MR) is 49.9 cm³/mol. The number of halogens is 1. The van der Waals surface area contributed by atoms with Crippen LogP contribution in [0.1, 0.15) is 12.0 Å². The molecule has 0 fully saturated rings. The molecule has 1 aromatic carbocycles. The molecule has 0 spiro atoms. The van der Waals surface area contributed by atoms with Crippen LogP contribution in [0.5, 0.6) is 0 Å². The molecule has 0 atom stereocenters. The second-order valence-electron chi connectivity index (χ2n) is 2.71. The largest absolute Gasteiger partial charge is 0.303 e. The highest BCUT2D eigenvalue weighted by Crippen LogP contribution is 2.04. The Labute approximate surface area is 76.9 Å². The summed E-state index contributed by atoms with van der Waals surface area (Å²) >= 11 is 0. The summed E-state index contributed by atoms with van der Waals surface area (Å²) in [7, 11) is 0. The fourth-order valence-corrected chi connectivity index (χ4v) is 1.04. The average Bonchev–Trinajstić information content (AvgIpc) is 2.13. The van der Waals surface area contributed by atoms with Gasteiger partial charge in [-0.05, 0) is 24.1 Å². The molecule has 0 unspecified atom stereocenters. The van der Waals surface area contributed by atoms with Gasteiger partial charge in [0, 0.05) is 6.42 Å². The number of rotatable bonds is 4. The zero-order valence-electron chi connectivity index (χ0n) is 7.24. The highest BCUT2D eigenvalue weighted by atomic mass is 19.1. The van der Waals surface area contributed by atoms with Gasteiger partial charge in [0.1, 0.15) is 12.1 Å². The summed E-state index contributed by atoms with van der Waals surface area (Å²) in [5.74, 6) is -0.221. The van der Waals surface area contributed by atoms with Crippen molar-refractivity contribution in [1.29, 1.82) is 0 Å². The van der Waals surface area contributed by atoms with Gasteiger partial charge in [0.15, 0.2) is 0 Å². The predicted octanol–water partition coefficient (Wildman–Crippen LogP) is 2.51. The van der Waals surface area contributed by atoms with E-state index in [4.69, 9.17) is 0 Å². The Morgan fingerprint density at radius 3 is 2.85 bits per heavy atom. The van der Waals surface area contributed by atoms with Gasteiger partial charge >= 0.3 is 0 Å². The van der Waals surface area contributed by atoms with Gasteiger partial charge in [-0.25, -0.2) is 4.39 Å². The molecular formula is C11H11FO. The van der Waals surface area contributed by atoms with E-state index in [0.717, 1.165) is 11.8 Å². The average molecular weight is 178 g/mol. The van der Waals surface area contributed by atoms with Crippen molar-refractivity contribution in [3.8, 4) is 0 Å². The van der Waals surface area contributed by atoms with E-state index in [1.54, 1.807) is 12.1 Å². The maximum absolute atomic E-state index is 12.7. The van der Waals surface area contributed by atoms with Gasteiger partial charge in [-0.1, -0.05) is 24.3 Å². The Morgan fingerprint density at radius 1 is 1.31 bits per heavy atom. The van der Waals surface area contributed by atoms with Crippen molar-refractivity contribution in [2.75, 3.05) is 0 Å². The van der Waals surface area contributed by atoms with Crippen LogP contribution < -0.4 is 0 Å². The van der Waals surface area contributed by atoms with E-state index < -0.39 is 0 Å². The minimum absolute atomic E-state index is 0.221. The molecule has 0 aromatic heterocycles. The van der Waals surface area contributed by atoms with Gasteiger partial charge in [-0.2, -0.15) is 0 Å². The minimum atomic E-state index is -0.221. The van der Waals surface area contributed by atoms with Crippen LogP contribution in [-0.4, -0.2) is 6.29 Å². The van der Waals surface area contributed by atoms with Gasteiger partial charge in [-0.3, -0.25) is 0 Å². The number of hydrogen-bond donors (Lipinski definition) is 0. The summed E-state index contributed by atoms with van der Waals surface area (Å²) in [4.78, 5) is 9.96. The first-order valence-corrected chi connectivity index (χ1v) is 4.16. The van der Waals surface area contributed by atoms with Crippen LogP contribution in [0.3, 0.4) is 0 Å². The molecular weight excluding hydrogens is 167 g/mol. The van der Waals surface area contributed by atoms with E-state index >= 15 is 0 Å². The third kappa shape index (κ3) is 3.65. The molecule has 0 saturated heterocycles. The highest BCUT2D eigenvalue weighted by molar-refractivity contribution is 5.51. The Bertz CT molecular complexity index is 305. The topological polar surface area (TPSA) is 17.1 Å². The quantitative estimate of drug-likeness (QED) is 0.511. The number of benzene rings is 1. The van der Waals surface area contributed by atoms with Crippen LogP contribution in [-0.2, 0) is 11.2 Å². The third-order valence-corrected chi connectivity index (χ3v) is 1.64. The first-order chi connectivity index (χ1) is 6.33. The van der Waals surface area contributed by atoms with E-state index in [0.29, 0.717) is 12.8 Å². The highest BCUT2D eigenvalue weighted by Gasteiger charge is 1.91. The van der Waals surface area contributed by atoms with Crippen molar-refractivity contribution in [2.45, 2.75) is 12.8 Å². The fourth-order valence-electron chi connectivity index (χ4n) is 1.04. The molecule has 68 valence electrons. The molecule has 0 aliphatic rings. The lowest BCUT2D eigenvalue weighted by Crippen LogP contribution is -1.82. The number of hydrogen-bond acceptors (Lipinski definition) is 1. The number of carbonyl (C=O) groups is 1. The molecule has 0 N–H and O–H groups in total. The van der Waals surface area contributed by atoms with Crippen molar-refractivity contribution < 1.29 is 9.18 Å². The van der Waals surface area contributed by atoms with Crippen LogP contribution in [0.25, 0.3) is 0 Å².